The van der Waals surface area contributed by atoms with Crippen molar-refractivity contribution in [2.75, 3.05) is 19.8 Å². The summed E-state index contributed by atoms with van der Waals surface area (Å²) >= 11 is 11.8. The maximum absolute atomic E-state index is 12.6. The molecule has 0 atom stereocenters. The van der Waals surface area contributed by atoms with Gasteiger partial charge in [0.25, 0.3) is 0 Å². The van der Waals surface area contributed by atoms with Gasteiger partial charge in [-0.05, 0) is 25.0 Å². The molecule has 1 amide bonds. The van der Waals surface area contributed by atoms with E-state index in [0.717, 1.165) is 0 Å². The molecule has 1 saturated heterocycles. The summed E-state index contributed by atoms with van der Waals surface area (Å²) in [6.07, 6.45) is 1.01. The summed E-state index contributed by atoms with van der Waals surface area (Å²) in [7, 11) is 0. The van der Waals surface area contributed by atoms with Crippen LogP contribution in [0.15, 0.2) is 12.1 Å². The molecule has 0 radical (unpaired) electrons. The van der Waals surface area contributed by atoms with Crippen LogP contribution in [0.4, 0.5) is 8.78 Å². The van der Waals surface area contributed by atoms with Gasteiger partial charge in [0.05, 0.1) is 10.4 Å². The van der Waals surface area contributed by atoms with Crippen molar-refractivity contribution in [3.05, 3.63) is 27.7 Å². The first kappa shape index (κ1) is 22.2. The van der Waals surface area contributed by atoms with Gasteiger partial charge in [-0.3, -0.25) is 4.79 Å². The minimum Gasteiger partial charge on any atom is -0.433 e. The van der Waals surface area contributed by atoms with Crippen molar-refractivity contribution >= 4 is 41.5 Å². The van der Waals surface area contributed by atoms with Crippen molar-refractivity contribution in [2.24, 2.45) is 11.1 Å². The first-order valence-corrected chi connectivity index (χ1v) is 8.12. The summed E-state index contributed by atoms with van der Waals surface area (Å²) in [6, 6.07) is 2.72. The molecule has 0 bridgehead atoms. The molecule has 1 fully saturated rings. The molecule has 0 aliphatic carbocycles. The average molecular weight is 420 g/mol. The molecule has 0 saturated carbocycles. The van der Waals surface area contributed by atoms with E-state index in [2.05, 4.69) is 10.1 Å². The highest BCUT2D eigenvalue weighted by Gasteiger charge is 2.38. The summed E-state index contributed by atoms with van der Waals surface area (Å²) in [4.78, 5) is 12.5. The second kappa shape index (κ2) is 9.73. The molecular weight excluding hydrogens is 401 g/mol. The van der Waals surface area contributed by atoms with Crippen LogP contribution in [0.5, 0.6) is 5.75 Å². The number of amides is 1. The minimum atomic E-state index is -3.04. The van der Waals surface area contributed by atoms with E-state index in [9.17, 15) is 13.6 Å². The third-order valence-electron chi connectivity index (χ3n) is 4.05. The van der Waals surface area contributed by atoms with E-state index in [1.165, 1.54) is 12.1 Å². The number of hydrogen-bond acceptors (Lipinski definition) is 4. The summed E-state index contributed by atoms with van der Waals surface area (Å²) in [6.45, 7) is -2.01. The third kappa shape index (κ3) is 5.56. The van der Waals surface area contributed by atoms with Crippen molar-refractivity contribution in [1.82, 2.24) is 5.32 Å². The number of carbonyl (C=O) groups is 1. The molecule has 0 unspecified atom stereocenters. The molecule has 2 rings (SSSR count). The van der Waals surface area contributed by atoms with E-state index in [0.29, 0.717) is 26.1 Å². The van der Waals surface area contributed by atoms with E-state index >= 15 is 0 Å². The van der Waals surface area contributed by atoms with Crippen LogP contribution in [0, 0.1) is 5.41 Å². The van der Waals surface area contributed by atoms with E-state index in [-0.39, 0.29) is 52.8 Å². The Kier molecular flexibility index (Phi) is 8.63. The summed E-state index contributed by atoms with van der Waals surface area (Å²) in [5, 5.41) is 2.92. The maximum Gasteiger partial charge on any atom is 0.387 e. The number of carbonyl (C=O) groups excluding carboxylic acids is 1. The van der Waals surface area contributed by atoms with Crippen LogP contribution in [0.1, 0.15) is 18.4 Å². The molecule has 5 nitrogen and oxygen atoms in total. The second-order valence-corrected chi connectivity index (χ2v) is 6.38. The predicted molar refractivity (Wildman–Crippen MR) is 93.7 cm³/mol. The van der Waals surface area contributed by atoms with Crippen LogP contribution >= 0.6 is 35.6 Å². The van der Waals surface area contributed by atoms with E-state index in [1.807, 2.05) is 0 Å². The van der Waals surface area contributed by atoms with E-state index in [4.69, 9.17) is 33.7 Å². The van der Waals surface area contributed by atoms with Crippen molar-refractivity contribution in [3.63, 3.8) is 0 Å². The molecule has 3 N–H and O–H groups in total. The molecule has 142 valence electrons. The van der Waals surface area contributed by atoms with Crippen LogP contribution in [-0.2, 0) is 16.1 Å². The van der Waals surface area contributed by atoms with Gasteiger partial charge < -0.3 is 20.5 Å². The van der Waals surface area contributed by atoms with Crippen LogP contribution in [0.25, 0.3) is 0 Å². The Hall–Kier alpha value is -0.860. The van der Waals surface area contributed by atoms with Gasteiger partial charge in [0.1, 0.15) is 5.75 Å². The number of hydrogen-bond donors (Lipinski definition) is 2. The second-order valence-electron chi connectivity index (χ2n) is 5.53. The lowest BCUT2D eigenvalue weighted by Crippen LogP contribution is -2.49. The number of benzene rings is 1. The third-order valence-corrected chi connectivity index (χ3v) is 4.55. The number of alkyl halides is 2. The Morgan fingerprint density at radius 2 is 2.00 bits per heavy atom. The van der Waals surface area contributed by atoms with Gasteiger partial charge in [0, 0.05) is 36.9 Å². The normalized spacial score (nSPS) is 16.2. The Morgan fingerprint density at radius 3 is 2.56 bits per heavy atom. The zero-order valence-corrected chi connectivity index (χ0v) is 15.5. The van der Waals surface area contributed by atoms with Crippen molar-refractivity contribution in [3.8, 4) is 5.75 Å². The zero-order chi connectivity index (χ0) is 17.7. The molecule has 1 aliphatic heterocycles. The van der Waals surface area contributed by atoms with Crippen molar-refractivity contribution < 1.29 is 23.0 Å². The molecule has 1 aromatic carbocycles. The van der Waals surface area contributed by atoms with Crippen LogP contribution < -0.4 is 15.8 Å². The Balaban J connectivity index is 0.00000312. The monoisotopic (exact) mass is 418 g/mol. The Labute approximate surface area is 160 Å². The topological polar surface area (TPSA) is 73.6 Å². The van der Waals surface area contributed by atoms with Gasteiger partial charge in [-0.1, -0.05) is 23.2 Å². The van der Waals surface area contributed by atoms with Gasteiger partial charge in [-0.25, -0.2) is 0 Å². The minimum absolute atomic E-state index is 0. The van der Waals surface area contributed by atoms with E-state index in [1.54, 1.807) is 0 Å². The number of ether oxygens (including phenoxy) is 2. The van der Waals surface area contributed by atoms with E-state index < -0.39 is 12.0 Å². The summed E-state index contributed by atoms with van der Waals surface area (Å²) in [5.74, 6) is -0.461. The summed E-state index contributed by atoms with van der Waals surface area (Å²) in [5.41, 5.74) is 5.32. The number of nitrogens with two attached hydrogens (primary N) is 1. The lowest BCUT2D eigenvalue weighted by molar-refractivity contribution is -0.136. The lowest BCUT2D eigenvalue weighted by atomic mass is 9.79. The fourth-order valence-electron chi connectivity index (χ4n) is 2.62. The highest BCUT2D eigenvalue weighted by Crippen LogP contribution is 2.34. The molecule has 0 aromatic heterocycles. The molecule has 1 heterocycles. The van der Waals surface area contributed by atoms with Gasteiger partial charge in [-0.15, -0.1) is 12.4 Å². The smallest absolute Gasteiger partial charge is 0.387 e. The first-order valence-electron chi connectivity index (χ1n) is 7.37. The molecule has 1 aromatic rings. The lowest BCUT2D eigenvalue weighted by Gasteiger charge is -2.34. The number of nitrogens with one attached hydrogen (secondary N) is 1. The molecule has 0 spiro atoms. The van der Waals surface area contributed by atoms with Gasteiger partial charge in [-0.2, -0.15) is 8.78 Å². The molecule has 10 heteroatoms. The fourth-order valence-corrected chi connectivity index (χ4v) is 3.20. The maximum atomic E-state index is 12.6. The fraction of sp³-hybridized carbons (Fsp3) is 0.533. The highest BCUT2D eigenvalue weighted by atomic mass is 35.5. The Morgan fingerprint density at radius 1 is 1.36 bits per heavy atom. The predicted octanol–water partition coefficient (Wildman–Crippen LogP) is 3.39. The summed E-state index contributed by atoms with van der Waals surface area (Å²) < 4.78 is 34.8. The van der Waals surface area contributed by atoms with Crippen LogP contribution in [0.2, 0.25) is 10.0 Å². The standard InChI is InChI=1S/C15H18Cl2F2N2O3.ClH/c16-10-5-9(12(11(17)6-10)24-14(18)19)7-21-13(22)15(8-20)1-3-23-4-2-15;/h5-6,14H,1-4,7-8,20H2,(H,21,22);1H. The molecular formula is C15H19Cl3F2N2O3. The number of rotatable bonds is 6. The largest absolute Gasteiger partial charge is 0.433 e. The average Bonchev–Trinajstić information content (AvgIpc) is 2.55. The molecule has 25 heavy (non-hydrogen) atoms. The zero-order valence-electron chi connectivity index (χ0n) is 13.2. The van der Waals surface area contributed by atoms with Gasteiger partial charge >= 0.3 is 6.61 Å². The van der Waals surface area contributed by atoms with Gasteiger partial charge in [0.15, 0.2) is 0 Å². The van der Waals surface area contributed by atoms with Crippen molar-refractivity contribution in [1.29, 1.82) is 0 Å². The van der Waals surface area contributed by atoms with Crippen molar-refractivity contribution in [2.45, 2.75) is 26.0 Å². The quantitative estimate of drug-likeness (QED) is 0.741. The molecule has 1 aliphatic rings. The Bertz CT molecular complexity index is 600. The first-order chi connectivity index (χ1) is 11.4. The van der Waals surface area contributed by atoms with Gasteiger partial charge in [0.2, 0.25) is 5.91 Å². The van der Waals surface area contributed by atoms with Crippen LogP contribution in [-0.4, -0.2) is 32.3 Å². The number of halogens is 5. The highest BCUT2D eigenvalue weighted by molar-refractivity contribution is 6.35. The SMILES string of the molecule is Cl.NCC1(C(=O)NCc2cc(Cl)cc(Cl)c2OC(F)F)CCOCC1. The van der Waals surface area contributed by atoms with Crippen LogP contribution in [0.3, 0.4) is 0 Å².